The lowest BCUT2D eigenvalue weighted by Gasteiger charge is -2.35. The lowest BCUT2D eigenvalue weighted by Crippen LogP contribution is -3.12. The molecule has 2 aromatic rings. The maximum absolute atomic E-state index is 12.8. The van der Waals surface area contributed by atoms with Crippen LogP contribution in [-0.2, 0) is 27.8 Å². The van der Waals surface area contributed by atoms with Crippen molar-refractivity contribution in [2.75, 3.05) is 39.3 Å². The first-order valence-electron chi connectivity index (χ1n) is 10.2. The fourth-order valence-electron chi connectivity index (χ4n) is 4.16. The highest BCUT2D eigenvalue weighted by atomic mass is 32.2. The third-order valence-corrected chi connectivity index (χ3v) is 7.87. The Morgan fingerprint density at radius 2 is 1.62 bits per heavy atom. The van der Waals surface area contributed by atoms with Gasteiger partial charge in [-0.05, 0) is 24.6 Å². The molecule has 1 N–H and O–H groups in total. The summed E-state index contributed by atoms with van der Waals surface area (Å²) in [5.74, 6) is 0.117. The minimum atomic E-state index is -3.50. The van der Waals surface area contributed by atoms with Crippen molar-refractivity contribution in [2.45, 2.75) is 24.8 Å². The SMILES string of the molecule is Cc1ccc(S(=O)(=O)N2CCN(C(=O)C[NH+]3CCc4ccccc4C3)CC2)cc1. The molecule has 2 aliphatic rings. The first-order valence-corrected chi connectivity index (χ1v) is 11.6. The van der Waals surface area contributed by atoms with Crippen molar-refractivity contribution in [3.63, 3.8) is 0 Å². The Bertz CT molecular complexity index is 981. The number of benzene rings is 2. The standard InChI is InChI=1S/C22H27N3O3S/c1-18-6-8-21(9-7-18)29(27,28)25-14-12-24(13-15-25)22(26)17-23-11-10-19-4-2-3-5-20(19)16-23/h2-9H,10-17H2,1H3/p+1. The maximum Gasteiger partial charge on any atom is 0.277 e. The van der Waals surface area contributed by atoms with E-state index in [0.29, 0.717) is 37.6 Å². The third kappa shape index (κ3) is 4.37. The Morgan fingerprint density at radius 3 is 2.31 bits per heavy atom. The minimum Gasteiger partial charge on any atom is -0.335 e. The molecule has 0 bridgehead atoms. The van der Waals surface area contributed by atoms with Crippen LogP contribution in [0, 0.1) is 6.92 Å². The largest absolute Gasteiger partial charge is 0.335 e. The van der Waals surface area contributed by atoms with Crippen LogP contribution in [-0.4, -0.2) is 62.8 Å². The summed E-state index contributed by atoms with van der Waals surface area (Å²) in [7, 11) is -3.50. The van der Waals surface area contributed by atoms with Crippen LogP contribution in [0.5, 0.6) is 0 Å². The average molecular weight is 415 g/mol. The van der Waals surface area contributed by atoms with Crippen molar-refractivity contribution < 1.29 is 18.1 Å². The fourth-order valence-corrected chi connectivity index (χ4v) is 5.58. The number of fused-ring (bicyclic) bond motifs is 1. The number of piperazine rings is 1. The molecule has 154 valence electrons. The van der Waals surface area contributed by atoms with Crippen LogP contribution < -0.4 is 4.90 Å². The van der Waals surface area contributed by atoms with E-state index in [9.17, 15) is 13.2 Å². The first-order chi connectivity index (χ1) is 13.9. The molecule has 6 nitrogen and oxygen atoms in total. The molecule has 1 fully saturated rings. The van der Waals surface area contributed by atoms with Gasteiger partial charge in [-0.1, -0.05) is 42.0 Å². The number of rotatable bonds is 4. The van der Waals surface area contributed by atoms with Gasteiger partial charge in [0.2, 0.25) is 10.0 Å². The molecular formula is C22H28N3O3S+. The van der Waals surface area contributed by atoms with E-state index >= 15 is 0 Å². The van der Waals surface area contributed by atoms with E-state index in [1.807, 2.05) is 24.0 Å². The second-order valence-electron chi connectivity index (χ2n) is 7.97. The molecule has 2 heterocycles. The second-order valence-corrected chi connectivity index (χ2v) is 9.91. The Balaban J connectivity index is 1.32. The van der Waals surface area contributed by atoms with Crippen LogP contribution in [0.2, 0.25) is 0 Å². The van der Waals surface area contributed by atoms with Crippen molar-refractivity contribution in [3.05, 3.63) is 65.2 Å². The van der Waals surface area contributed by atoms with Crippen molar-refractivity contribution >= 4 is 15.9 Å². The number of amides is 1. The molecule has 1 saturated heterocycles. The van der Waals surface area contributed by atoms with Crippen LogP contribution in [0.15, 0.2) is 53.4 Å². The summed E-state index contributed by atoms with van der Waals surface area (Å²) in [6.45, 7) is 5.85. The lowest BCUT2D eigenvalue weighted by atomic mass is 10.00. The van der Waals surface area contributed by atoms with E-state index in [1.54, 1.807) is 12.1 Å². The van der Waals surface area contributed by atoms with Crippen molar-refractivity contribution in [3.8, 4) is 0 Å². The number of hydrogen-bond acceptors (Lipinski definition) is 3. The number of aryl methyl sites for hydroxylation is 1. The molecule has 1 amide bonds. The smallest absolute Gasteiger partial charge is 0.277 e. The Labute approximate surface area is 172 Å². The van der Waals surface area contributed by atoms with Crippen molar-refractivity contribution in [1.82, 2.24) is 9.21 Å². The monoisotopic (exact) mass is 414 g/mol. The molecule has 0 radical (unpaired) electrons. The first kappa shape index (κ1) is 20.1. The predicted molar refractivity (Wildman–Crippen MR) is 111 cm³/mol. The second kappa shape index (κ2) is 8.26. The summed E-state index contributed by atoms with van der Waals surface area (Å²) >= 11 is 0. The molecule has 1 atom stereocenters. The molecular weight excluding hydrogens is 386 g/mol. The van der Waals surface area contributed by atoms with Crippen LogP contribution in [0.1, 0.15) is 16.7 Å². The zero-order valence-electron chi connectivity index (χ0n) is 16.8. The summed E-state index contributed by atoms with van der Waals surface area (Å²) in [6.07, 6.45) is 1.00. The Kier molecular flexibility index (Phi) is 5.72. The number of sulfonamides is 1. The maximum atomic E-state index is 12.8. The number of carbonyl (C=O) groups excluding carboxylic acids is 1. The van der Waals surface area contributed by atoms with Gasteiger partial charge in [-0.3, -0.25) is 4.79 Å². The van der Waals surface area contributed by atoms with Gasteiger partial charge >= 0.3 is 0 Å². The molecule has 2 aliphatic heterocycles. The van der Waals surface area contributed by atoms with Gasteiger partial charge in [-0.25, -0.2) is 8.42 Å². The lowest BCUT2D eigenvalue weighted by molar-refractivity contribution is -0.908. The minimum absolute atomic E-state index is 0.117. The van der Waals surface area contributed by atoms with E-state index in [0.717, 1.165) is 25.1 Å². The van der Waals surface area contributed by atoms with Gasteiger partial charge in [-0.15, -0.1) is 0 Å². The van der Waals surface area contributed by atoms with Gasteiger partial charge < -0.3 is 9.80 Å². The Morgan fingerprint density at radius 1 is 0.966 bits per heavy atom. The van der Waals surface area contributed by atoms with Gasteiger partial charge in [0, 0.05) is 38.2 Å². The predicted octanol–water partition coefficient (Wildman–Crippen LogP) is 0.469. The topological polar surface area (TPSA) is 62.1 Å². The van der Waals surface area contributed by atoms with Crippen LogP contribution in [0.4, 0.5) is 0 Å². The van der Waals surface area contributed by atoms with Gasteiger partial charge in [0.05, 0.1) is 11.4 Å². The van der Waals surface area contributed by atoms with Crippen LogP contribution in [0.25, 0.3) is 0 Å². The molecule has 0 aliphatic carbocycles. The fraction of sp³-hybridized carbons (Fsp3) is 0.409. The summed E-state index contributed by atoms with van der Waals surface area (Å²) in [6, 6.07) is 15.4. The van der Waals surface area contributed by atoms with E-state index in [1.165, 1.54) is 20.3 Å². The highest BCUT2D eigenvalue weighted by Crippen LogP contribution is 2.18. The van der Waals surface area contributed by atoms with E-state index in [2.05, 4.69) is 24.3 Å². The van der Waals surface area contributed by atoms with Gasteiger partial charge in [0.1, 0.15) is 6.54 Å². The van der Waals surface area contributed by atoms with Crippen LogP contribution in [0.3, 0.4) is 0 Å². The number of carbonyl (C=O) groups is 1. The number of hydrogen-bond donors (Lipinski definition) is 1. The summed E-state index contributed by atoms with van der Waals surface area (Å²) < 4.78 is 27.1. The number of quaternary nitrogens is 1. The third-order valence-electron chi connectivity index (χ3n) is 5.96. The highest BCUT2D eigenvalue weighted by molar-refractivity contribution is 7.89. The highest BCUT2D eigenvalue weighted by Gasteiger charge is 2.31. The van der Waals surface area contributed by atoms with E-state index < -0.39 is 10.0 Å². The molecule has 1 unspecified atom stereocenters. The molecule has 0 saturated carbocycles. The molecule has 2 aromatic carbocycles. The zero-order valence-corrected chi connectivity index (χ0v) is 17.6. The number of nitrogens with one attached hydrogen (secondary N) is 1. The molecule has 7 heteroatoms. The van der Waals surface area contributed by atoms with E-state index in [-0.39, 0.29) is 5.91 Å². The summed E-state index contributed by atoms with van der Waals surface area (Å²) in [5.41, 5.74) is 3.75. The molecule has 0 aromatic heterocycles. The molecule has 0 spiro atoms. The van der Waals surface area contributed by atoms with Gasteiger partial charge in [0.15, 0.2) is 6.54 Å². The van der Waals surface area contributed by atoms with Crippen molar-refractivity contribution in [2.24, 2.45) is 0 Å². The summed E-state index contributed by atoms with van der Waals surface area (Å²) in [4.78, 5) is 16.2. The van der Waals surface area contributed by atoms with Gasteiger partial charge in [-0.2, -0.15) is 4.31 Å². The van der Waals surface area contributed by atoms with Gasteiger partial charge in [0.25, 0.3) is 5.91 Å². The van der Waals surface area contributed by atoms with Crippen LogP contribution >= 0.6 is 0 Å². The quantitative estimate of drug-likeness (QED) is 0.791. The summed E-state index contributed by atoms with van der Waals surface area (Å²) in [5, 5.41) is 0. The average Bonchev–Trinajstić information content (AvgIpc) is 2.74. The van der Waals surface area contributed by atoms with E-state index in [4.69, 9.17) is 0 Å². The number of nitrogens with zero attached hydrogens (tertiary/aromatic N) is 2. The van der Waals surface area contributed by atoms with Crippen molar-refractivity contribution in [1.29, 1.82) is 0 Å². The molecule has 29 heavy (non-hydrogen) atoms. The molecule has 4 rings (SSSR count). The zero-order chi connectivity index (χ0) is 20.4. The Hall–Kier alpha value is -2.22. The normalized spacial score (nSPS) is 20.3.